The standard InChI is InChI=1S/C17H24ClN3O3/c18-13-7-11-2-6-24-16(11)14(8-13)17(23)20-9-12-1-4-21(5-3-19)10-15(12)22/h7-8,12,15,22H,1-6,9-10,19H2,(H,20,23). The molecule has 6 nitrogen and oxygen atoms in total. The van der Waals surface area contributed by atoms with Crippen molar-refractivity contribution in [1.29, 1.82) is 0 Å². The Morgan fingerprint density at radius 2 is 2.33 bits per heavy atom. The lowest BCUT2D eigenvalue weighted by molar-refractivity contribution is 0.0234. The van der Waals surface area contributed by atoms with Gasteiger partial charge in [-0.05, 0) is 30.7 Å². The minimum absolute atomic E-state index is 0.0520. The molecule has 0 aromatic heterocycles. The van der Waals surface area contributed by atoms with E-state index in [0.29, 0.717) is 42.6 Å². The van der Waals surface area contributed by atoms with Crippen LogP contribution in [0.3, 0.4) is 0 Å². The van der Waals surface area contributed by atoms with Crippen molar-refractivity contribution < 1.29 is 14.6 Å². The summed E-state index contributed by atoms with van der Waals surface area (Å²) in [4.78, 5) is 14.7. The molecule has 3 rings (SSSR count). The average molecular weight is 354 g/mol. The number of hydrogen-bond acceptors (Lipinski definition) is 5. The van der Waals surface area contributed by atoms with Crippen molar-refractivity contribution >= 4 is 17.5 Å². The van der Waals surface area contributed by atoms with Gasteiger partial charge in [-0.2, -0.15) is 0 Å². The third kappa shape index (κ3) is 3.83. The first-order valence-electron chi connectivity index (χ1n) is 8.42. The van der Waals surface area contributed by atoms with Gasteiger partial charge in [0.15, 0.2) is 0 Å². The highest BCUT2D eigenvalue weighted by Crippen LogP contribution is 2.32. The first-order chi connectivity index (χ1) is 11.6. The van der Waals surface area contributed by atoms with Crippen molar-refractivity contribution in [1.82, 2.24) is 10.2 Å². The van der Waals surface area contributed by atoms with Crippen LogP contribution in [0.1, 0.15) is 22.3 Å². The second-order valence-electron chi connectivity index (χ2n) is 6.46. The van der Waals surface area contributed by atoms with E-state index in [2.05, 4.69) is 10.2 Å². The van der Waals surface area contributed by atoms with Crippen LogP contribution in [-0.4, -0.2) is 61.3 Å². The van der Waals surface area contributed by atoms with Gasteiger partial charge in [0, 0.05) is 43.5 Å². The molecule has 24 heavy (non-hydrogen) atoms. The normalized spacial score (nSPS) is 23.6. The number of rotatable bonds is 5. The Balaban J connectivity index is 1.59. The van der Waals surface area contributed by atoms with E-state index < -0.39 is 6.10 Å². The van der Waals surface area contributed by atoms with Gasteiger partial charge in [0.05, 0.1) is 18.3 Å². The molecule has 1 saturated heterocycles. The number of carbonyl (C=O) groups excluding carboxylic acids is 1. The van der Waals surface area contributed by atoms with Gasteiger partial charge >= 0.3 is 0 Å². The van der Waals surface area contributed by atoms with Crippen molar-refractivity contribution in [2.45, 2.75) is 18.9 Å². The van der Waals surface area contributed by atoms with E-state index in [1.807, 2.05) is 6.07 Å². The number of nitrogens with two attached hydrogens (primary N) is 1. The van der Waals surface area contributed by atoms with Crippen LogP contribution < -0.4 is 15.8 Å². The van der Waals surface area contributed by atoms with Gasteiger partial charge in [-0.15, -0.1) is 0 Å². The van der Waals surface area contributed by atoms with Crippen LogP contribution in [0.2, 0.25) is 5.02 Å². The van der Waals surface area contributed by atoms with Crippen molar-refractivity contribution in [3.63, 3.8) is 0 Å². The zero-order valence-corrected chi connectivity index (χ0v) is 14.4. The third-order valence-electron chi connectivity index (χ3n) is 4.77. The first kappa shape index (κ1) is 17.5. The monoisotopic (exact) mass is 353 g/mol. The number of amides is 1. The van der Waals surface area contributed by atoms with Crippen LogP contribution in [0, 0.1) is 5.92 Å². The molecule has 2 aliphatic heterocycles. The molecule has 2 unspecified atom stereocenters. The molecule has 4 N–H and O–H groups in total. The van der Waals surface area contributed by atoms with Crippen LogP contribution >= 0.6 is 11.6 Å². The molecule has 1 aromatic rings. The molecule has 1 fully saturated rings. The van der Waals surface area contributed by atoms with Gasteiger partial charge in [-0.3, -0.25) is 9.69 Å². The Kier molecular flexibility index (Phi) is 5.61. The quantitative estimate of drug-likeness (QED) is 0.723. The molecule has 132 valence electrons. The Hall–Kier alpha value is -1.34. The fourth-order valence-corrected chi connectivity index (χ4v) is 3.67. The molecule has 0 radical (unpaired) electrons. The van der Waals surface area contributed by atoms with Gasteiger partial charge in [-0.25, -0.2) is 0 Å². The van der Waals surface area contributed by atoms with Gasteiger partial charge < -0.3 is 20.9 Å². The first-order valence-corrected chi connectivity index (χ1v) is 8.80. The predicted molar refractivity (Wildman–Crippen MR) is 92.6 cm³/mol. The summed E-state index contributed by atoms with van der Waals surface area (Å²) < 4.78 is 5.57. The van der Waals surface area contributed by atoms with Crippen LogP contribution in [0.15, 0.2) is 12.1 Å². The van der Waals surface area contributed by atoms with E-state index in [1.54, 1.807) is 6.07 Å². The second kappa shape index (κ2) is 7.70. The van der Waals surface area contributed by atoms with Crippen molar-refractivity contribution in [2.75, 3.05) is 39.3 Å². The molecule has 7 heteroatoms. The summed E-state index contributed by atoms with van der Waals surface area (Å²) in [6, 6.07) is 3.49. The molecule has 0 saturated carbocycles. The Labute approximate surface area is 146 Å². The number of aliphatic hydroxyl groups is 1. The van der Waals surface area contributed by atoms with Crippen molar-refractivity contribution in [3.05, 3.63) is 28.3 Å². The number of nitrogens with one attached hydrogen (secondary N) is 1. The van der Waals surface area contributed by atoms with Crippen LogP contribution in [0.4, 0.5) is 0 Å². The molecule has 2 aliphatic rings. The second-order valence-corrected chi connectivity index (χ2v) is 6.89. The van der Waals surface area contributed by atoms with Crippen LogP contribution in [0.25, 0.3) is 0 Å². The Morgan fingerprint density at radius 3 is 3.08 bits per heavy atom. The summed E-state index contributed by atoms with van der Waals surface area (Å²) in [7, 11) is 0. The van der Waals surface area contributed by atoms with Crippen molar-refractivity contribution in [3.8, 4) is 5.75 Å². The van der Waals surface area contributed by atoms with Gasteiger partial charge in [0.1, 0.15) is 5.75 Å². The maximum Gasteiger partial charge on any atom is 0.255 e. The zero-order chi connectivity index (χ0) is 17.1. The lowest BCUT2D eigenvalue weighted by Gasteiger charge is -2.35. The molecule has 2 heterocycles. The topological polar surface area (TPSA) is 87.8 Å². The number of aliphatic hydroxyl groups excluding tert-OH is 1. The highest BCUT2D eigenvalue weighted by molar-refractivity contribution is 6.31. The van der Waals surface area contributed by atoms with Crippen LogP contribution in [0.5, 0.6) is 5.75 Å². The number of halogens is 1. The summed E-state index contributed by atoms with van der Waals surface area (Å²) in [5, 5.41) is 13.7. The maximum absolute atomic E-state index is 12.5. The van der Waals surface area contributed by atoms with E-state index in [-0.39, 0.29) is 11.8 Å². The summed E-state index contributed by atoms with van der Waals surface area (Å²) in [6.07, 6.45) is 1.16. The minimum atomic E-state index is -0.452. The summed E-state index contributed by atoms with van der Waals surface area (Å²) in [5.41, 5.74) is 7.01. The van der Waals surface area contributed by atoms with Gasteiger partial charge in [0.2, 0.25) is 0 Å². The summed E-state index contributed by atoms with van der Waals surface area (Å²) in [6.45, 7) is 3.90. The lowest BCUT2D eigenvalue weighted by atomic mass is 9.93. The zero-order valence-electron chi connectivity index (χ0n) is 13.6. The maximum atomic E-state index is 12.5. The van der Waals surface area contributed by atoms with Crippen molar-refractivity contribution in [2.24, 2.45) is 11.7 Å². The van der Waals surface area contributed by atoms with E-state index in [0.717, 1.165) is 31.5 Å². The SMILES string of the molecule is NCCN1CCC(CNC(=O)c2cc(Cl)cc3c2OCC3)C(O)C1. The largest absolute Gasteiger partial charge is 0.492 e. The number of fused-ring (bicyclic) bond motifs is 1. The molecule has 0 bridgehead atoms. The number of carbonyl (C=O) groups is 1. The average Bonchev–Trinajstić information content (AvgIpc) is 3.01. The Morgan fingerprint density at radius 1 is 1.50 bits per heavy atom. The van der Waals surface area contributed by atoms with Gasteiger partial charge in [-0.1, -0.05) is 11.6 Å². The van der Waals surface area contributed by atoms with E-state index >= 15 is 0 Å². The number of piperidine rings is 1. The van der Waals surface area contributed by atoms with Gasteiger partial charge in [0.25, 0.3) is 5.91 Å². The van der Waals surface area contributed by atoms with E-state index in [4.69, 9.17) is 22.1 Å². The smallest absolute Gasteiger partial charge is 0.255 e. The van der Waals surface area contributed by atoms with E-state index in [9.17, 15) is 9.90 Å². The minimum Gasteiger partial charge on any atom is -0.492 e. The summed E-state index contributed by atoms with van der Waals surface area (Å²) in [5.74, 6) is 0.485. The highest BCUT2D eigenvalue weighted by atomic mass is 35.5. The fraction of sp³-hybridized carbons (Fsp3) is 0.588. The molecule has 2 atom stereocenters. The lowest BCUT2D eigenvalue weighted by Crippen LogP contribution is -2.48. The Bertz CT molecular complexity index is 611. The van der Waals surface area contributed by atoms with E-state index in [1.165, 1.54) is 0 Å². The molecule has 1 aromatic carbocycles. The third-order valence-corrected chi connectivity index (χ3v) is 4.99. The molecular weight excluding hydrogens is 330 g/mol. The number of likely N-dealkylation sites (tertiary alicyclic amines) is 1. The molecule has 0 spiro atoms. The van der Waals surface area contributed by atoms with Crippen LogP contribution in [-0.2, 0) is 6.42 Å². The fourth-order valence-electron chi connectivity index (χ4n) is 3.43. The number of benzene rings is 1. The summed E-state index contributed by atoms with van der Waals surface area (Å²) >= 11 is 6.10. The number of hydrogen-bond donors (Lipinski definition) is 3. The molecule has 0 aliphatic carbocycles. The predicted octanol–water partition coefficient (Wildman–Crippen LogP) is 0.646. The number of ether oxygens (including phenoxy) is 1. The number of nitrogens with zero attached hydrogens (tertiary/aromatic N) is 1. The molecular formula is C17H24ClN3O3. The number of β-amino-alcohol motifs (C(OH)–C–C–N with tert-alkyl or cyclic N) is 1. The molecule has 1 amide bonds. The highest BCUT2D eigenvalue weighted by Gasteiger charge is 2.28.